The molecule has 1 N–H and O–H groups in total. The van der Waals surface area contributed by atoms with Crippen LogP contribution in [-0.4, -0.2) is 11.1 Å². The van der Waals surface area contributed by atoms with Crippen LogP contribution in [0.4, 0.5) is 4.39 Å². The first-order valence-electron chi connectivity index (χ1n) is 11.4. The van der Waals surface area contributed by atoms with Gasteiger partial charge in [0, 0.05) is 5.56 Å². The molecular weight excluding hydrogens is 417 g/mol. The molecule has 0 radical (unpaired) electrons. The molecule has 2 aromatic rings. The lowest BCUT2D eigenvalue weighted by Crippen LogP contribution is -2.21. The number of allylic oxidation sites excluding steroid dienone is 3. The normalized spacial score (nSPS) is 27.5. The standard InChI is InChI=1S/C28H26FNO3/c1-16-17(15-30)4-3-5-19(16)20-6-8-24(29)26-21(20)7-9-25(26)33-18-10-12-28(2,13-11-18)23-14-22(23)27(31)32/h3-6,8,10-12,22-23,25H,7,9,13-14H2,1-2H3,(H,31,32)/t22-,23-,25+,28?/m0/s1. The number of hydrogen-bond donors (Lipinski definition) is 1. The van der Waals surface area contributed by atoms with Gasteiger partial charge in [-0.3, -0.25) is 4.79 Å². The lowest BCUT2D eigenvalue weighted by atomic mass is 9.78. The van der Waals surface area contributed by atoms with Gasteiger partial charge in [-0.25, -0.2) is 4.39 Å². The van der Waals surface area contributed by atoms with E-state index in [0.717, 1.165) is 35.1 Å². The molecule has 5 heteroatoms. The third-order valence-corrected chi connectivity index (χ3v) is 7.63. The second-order valence-electron chi connectivity index (χ2n) is 9.66. The number of nitrogens with zero attached hydrogens (tertiary/aromatic N) is 1. The molecule has 1 fully saturated rings. The molecule has 3 aliphatic carbocycles. The fourth-order valence-electron chi connectivity index (χ4n) is 5.54. The van der Waals surface area contributed by atoms with E-state index in [-0.39, 0.29) is 29.2 Å². The van der Waals surface area contributed by atoms with E-state index in [2.05, 4.69) is 19.1 Å². The summed E-state index contributed by atoms with van der Waals surface area (Å²) >= 11 is 0. The van der Waals surface area contributed by atoms with E-state index < -0.39 is 5.97 Å². The first-order valence-corrected chi connectivity index (χ1v) is 11.4. The summed E-state index contributed by atoms with van der Waals surface area (Å²) in [5, 5.41) is 18.7. The first-order chi connectivity index (χ1) is 15.8. The average Bonchev–Trinajstić information content (AvgIpc) is 3.52. The second-order valence-corrected chi connectivity index (χ2v) is 9.66. The van der Waals surface area contributed by atoms with Gasteiger partial charge in [-0.1, -0.05) is 31.2 Å². The summed E-state index contributed by atoms with van der Waals surface area (Å²) in [6.45, 7) is 4.02. The SMILES string of the molecule is Cc1c(C#N)cccc1-c1ccc(F)c2c1CC[C@H]2OC1=CCC(C)([C@H]2C[C@@H]2C(=O)O)C=C1. The quantitative estimate of drug-likeness (QED) is 0.593. The number of carbonyl (C=O) groups is 1. The minimum atomic E-state index is -0.718. The Hall–Kier alpha value is -3.39. The number of nitriles is 1. The summed E-state index contributed by atoms with van der Waals surface area (Å²) < 4.78 is 21.2. The molecule has 0 aliphatic heterocycles. The van der Waals surface area contributed by atoms with Crippen LogP contribution in [0.1, 0.15) is 54.5 Å². The lowest BCUT2D eigenvalue weighted by Gasteiger charge is -2.29. The fraction of sp³-hybridized carbons (Fsp3) is 0.357. The molecule has 1 saturated carbocycles. The molecule has 0 bridgehead atoms. The van der Waals surface area contributed by atoms with Crippen molar-refractivity contribution in [2.75, 3.05) is 0 Å². The Morgan fingerprint density at radius 1 is 1.27 bits per heavy atom. The van der Waals surface area contributed by atoms with Gasteiger partial charge in [0.05, 0.1) is 17.6 Å². The summed E-state index contributed by atoms with van der Waals surface area (Å²) in [5.74, 6) is -0.371. The van der Waals surface area contributed by atoms with Crippen LogP contribution >= 0.6 is 0 Å². The van der Waals surface area contributed by atoms with Gasteiger partial charge in [0.15, 0.2) is 0 Å². The van der Waals surface area contributed by atoms with E-state index in [4.69, 9.17) is 4.74 Å². The average molecular weight is 444 g/mol. The molecule has 0 aromatic heterocycles. The maximum Gasteiger partial charge on any atom is 0.306 e. The van der Waals surface area contributed by atoms with E-state index in [1.807, 2.05) is 31.2 Å². The number of ether oxygens (including phenoxy) is 1. The van der Waals surface area contributed by atoms with Gasteiger partial charge in [-0.2, -0.15) is 5.26 Å². The largest absolute Gasteiger partial charge is 0.486 e. The number of carboxylic acid groups (broad SMARTS) is 1. The van der Waals surface area contributed by atoms with Crippen molar-refractivity contribution in [3.05, 3.63) is 82.4 Å². The second kappa shape index (κ2) is 7.88. The monoisotopic (exact) mass is 443 g/mol. The van der Waals surface area contributed by atoms with Crippen molar-refractivity contribution in [1.82, 2.24) is 0 Å². The summed E-state index contributed by atoms with van der Waals surface area (Å²) in [6.07, 6.45) is 8.46. The number of benzene rings is 2. The van der Waals surface area contributed by atoms with Crippen LogP contribution in [-0.2, 0) is 16.0 Å². The zero-order chi connectivity index (χ0) is 23.3. The molecule has 0 spiro atoms. The van der Waals surface area contributed by atoms with Crippen LogP contribution in [0.15, 0.2) is 54.3 Å². The van der Waals surface area contributed by atoms with Crippen molar-refractivity contribution >= 4 is 5.97 Å². The highest BCUT2D eigenvalue weighted by Crippen LogP contribution is 2.55. The topological polar surface area (TPSA) is 70.3 Å². The van der Waals surface area contributed by atoms with Crippen LogP contribution in [0, 0.1) is 41.3 Å². The predicted octanol–water partition coefficient (Wildman–Crippen LogP) is 6.25. The minimum absolute atomic E-state index is 0.156. The molecule has 4 atom stereocenters. The Balaban J connectivity index is 1.38. The molecule has 168 valence electrons. The maximum absolute atomic E-state index is 15.0. The van der Waals surface area contributed by atoms with E-state index in [1.54, 1.807) is 12.1 Å². The number of fused-ring (bicyclic) bond motifs is 1. The van der Waals surface area contributed by atoms with Gasteiger partial charge >= 0.3 is 5.97 Å². The highest BCUT2D eigenvalue weighted by Gasteiger charge is 2.52. The highest BCUT2D eigenvalue weighted by molar-refractivity contribution is 5.75. The third kappa shape index (κ3) is 3.64. The van der Waals surface area contributed by atoms with Gasteiger partial charge in [0.2, 0.25) is 0 Å². The molecule has 3 aliphatic rings. The first kappa shape index (κ1) is 21.5. The molecule has 33 heavy (non-hydrogen) atoms. The van der Waals surface area contributed by atoms with Crippen molar-refractivity contribution in [2.24, 2.45) is 17.3 Å². The fourth-order valence-corrected chi connectivity index (χ4v) is 5.54. The molecular formula is C28H26FNO3. The van der Waals surface area contributed by atoms with Crippen LogP contribution in [0.25, 0.3) is 11.1 Å². The summed E-state index contributed by atoms with van der Waals surface area (Å²) in [7, 11) is 0. The van der Waals surface area contributed by atoms with Gasteiger partial charge < -0.3 is 9.84 Å². The minimum Gasteiger partial charge on any atom is -0.486 e. The zero-order valence-corrected chi connectivity index (χ0v) is 18.8. The molecule has 0 amide bonds. The number of carboxylic acids is 1. The van der Waals surface area contributed by atoms with E-state index in [0.29, 0.717) is 29.7 Å². The Kier molecular flexibility index (Phi) is 5.12. The molecule has 0 heterocycles. The number of rotatable bonds is 5. The van der Waals surface area contributed by atoms with Crippen molar-refractivity contribution in [3.63, 3.8) is 0 Å². The van der Waals surface area contributed by atoms with Crippen LogP contribution in [0.5, 0.6) is 0 Å². The Morgan fingerprint density at radius 3 is 2.76 bits per heavy atom. The maximum atomic E-state index is 15.0. The Bertz CT molecular complexity index is 1250. The number of hydrogen-bond acceptors (Lipinski definition) is 3. The van der Waals surface area contributed by atoms with Crippen LogP contribution < -0.4 is 0 Å². The Morgan fingerprint density at radius 2 is 2.09 bits per heavy atom. The van der Waals surface area contributed by atoms with Crippen molar-refractivity contribution in [3.8, 4) is 17.2 Å². The molecule has 0 saturated heterocycles. The van der Waals surface area contributed by atoms with Gasteiger partial charge in [0.1, 0.15) is 17.7 Å². The highest BCUT2D eigenvalue weighted by atomic mass is 19.1. The predicted molar refractivity (Wildman–Crippen MR) is 123 cm³/mol. The molecule has 4 nitrogen and oxygen atoms in total. The molecule has 5 rings (SSSR count). The Labute approximate surface area is 193 Å². The van der Waals surface area contributed by atoms with Crippen molar-refractivity contribution in [1.29, 1.82) is 5.26 Å². The van der Waals surface area contributed by atoms with Crippen LogP contribution in [0.3, 0.4) is 0 Å². The smallest absolute Gasteiger partial charge is 0.306 e. The lowest BCUT2D eigenvalue weighted by molar-refractivity contribution is -0.139. The third-order valence-electron chi connectivity index (χ3n) is 7.63. The van der Waals surface area contributed by atoms with Crippen LogP contribution in [0.2, 0.25) is 0 Å². The summed E-state index contributed by atoms with van der Waals surface area (Å²) in [4.78, 5) is 11.3. The van der Waals surface area contributed by atoms with E-state index >= 15 is 0 Å². The van der Waals surface area contributed by atoms with Gasteiger partial charge in [0.25, 0.3) is 0 Å². The molecule has 1 unspecified atom stereocenters. The summed E-state index contributed by atoms with van der Waals surface area (Å²) in [6, 6.07) is 11.2. The number of halogens is 1. The van der Waals surface area contributed by atoms with E-state index in [9.17, 15) is 19.6 Å². The number of aliphatic carboxylic acids is 1. The molecule has 2 aromatic carbocycles. The van der Waals surface area contributed by atoms with Gasteiger partial charge in [-0.05, 0) is 90.5 Å². The zero-order valence-electron chi connectivity index (χ0n) is 18.8. The van der Waals surface area contributed by atoms with E-state index in [1.165, 1.54) is 6.07 Å². The van der Waals surface area contributed by atoms with Crippen molar-refractivity contribution < 1.29 is 19.0 Å². The van der Waals surface area contributed by atoms with Crippen molar-refractivity contribution in [2.45, 2.75) is 45.6 Å². The van der Waals surface area contributed by atoms with Gasteiger partial charge in [-0.15, -0.1) is 0 Å². The summed E-state index contributed by atoms with van der Waals surface area (Å²) in [5.41, 5.74) is 4.81.